The van der Waals surface area contributed by atoms with Crippen LogP contribution in [0.1, 0.15) is 0 Å². The van der Waals surface area contributed by atoms with Crippen LogP contribution in [-0.4, -0.2) is 109 Å². The zero-order chi connectivity index (χ0) is 41.9. The van der Waals surface area contributed by atoms with Crippen molar-refractivity contribution in [2.75, 3.05) is 0 Å². The number of halogens is 20. The summed E-state index contributed by atoms with van der Waals surface area (Å²) in [4.78, 5) is 0. The van der Waals surface area contributed by atoms with Crippen molar-refractivity contribution in [3.05, 3.63) is 0 Å². The van der Waals surface area contributed by atoms with Crippen molar-refractivity contribution in [2.45, 2.75) is 98.8 Å². The molecule has 0 aromatic carbocycles. The molecule has 2 fully saturated rings. The highest BCUT2D eigenvalue weighted by atomic mass is 28.5. The molecule has 2 rings (SSSR count). The maximum Gasteiger partial charge on any atom is 0.447 e. The van der Waals surface area contributed by atoms with E-state index in [0.29, 0.717) is 13.1 Å². The minimum Gasteiger partial charge on any atom is -0.410 e. The van der Waals surface area contributed by atoms with Crippen molar-refractivity contribution in [2.24, 2.45) is 0 Å². The van der Waals surface area contributed by atoms with Gasteiger partial charge in [-0.25, -0.2) is 8.78 Å². The average molecular weight is 951 g/mol. The van der Waals surface area contributed by atoms with Crippen molar-refractivity contribution < 1.29 is 121 Å². The predicted molar refractivity (Wildman–Crippen MR) is 148 cm³/mol. The summed E-state index contributed by atoms with van der Waals surface area (Å²) >= 11 is 0. The summed E-state index contributed by atoms with van der Waals surface area (Å²) in [5.41, 5.74) is -6.23. The summed E-state index contributed by atoms with van der Waals surface area (Å²) < 4.78 is 326. The van der Waals surface area contributed by atoms with Gasteiger partial charge in [-0.05, 0) is 52.4 Å². The highest BCUT2D eigenvalue weighted by Crippen LogP contribution is 2.55. The van der Waals surface area contributed by atoms with Gasteiger partial charge in [-0.1, -0.05) is 0 Å². The smallest absolute Gasteiger partial charge is 0.410 e. The molecule has 8 nitrogen and oxygen atoms in total. The minimum atomic E-state index is -8.26. The van der Waals surface area contributed by atoms with Crippen LogP contribution >= 0.6 is 0 Å². The van der Waals surface area contributed by atoms with Crippen LogP contribution in [0.4, 0.5) is 87.8 Å². The third-order valence-corrected chi connectivity index (χ3v) is 41.3. The highest BCUT2D eigenvalue weighted by molar-refractivity contribution is 6.98. The molecule has 36 heteroatoms. The predicted octanol–water partition coefficient (Wildman–Crippen LogP) is 8.51. The zero-order valence-corrected chi connectivity index (χ0v) is 35.0. The van der Waals surface area contributed by atoms with E-state index >= 15 is 8.78 Å². The Morgan fingerprint density at radius 2 is 0.500 bits per heavy atom. The van der Waals surface area contributed by atoms with Crippen LogP contribution in [0.2, 0.25) is 58.4 Å². The Morgan fingerprint density at radius 1 is 0.288 bits per heavy atom. The van der Waals surface area contributed by atoms with E-state index in [-0.39, 0.29) is 13.1 Å². The summed E-state index contributed by atoms with van der Waals surface area (Å²) in [5.74, 6) is -38.3. The van der Waals surface area contributed by atoms with Crippen LogP contribution < -0.4 is 0 Å². The van der Waals surface area contributed by atoms with E-state index in [1.807, 2.05) is 0 Å². The molecule has 2 aliphatic heterocycles. The van der Waals surface area contributed by atoms with Gasteiger partial charge >= 0.3 is 103 Å². The summed E-state index contributed by atoms with van der Waals surface area (Å²) in [6, 6.07) is -3.75. The normalized spacial score (nSPS) is 39.7. The fourth-order valence-corrected chi connectivity index (χ4v) is 43.5. The molecule has 0 radical (unpaired) electrons. The SMILES string of the molecule is C[Si]1(C)O[Si](C)(C(F)(F)F)O[Si](CC(F)(F)[Si]2(C)O[Si](C)(C(F)(F)F)O[Si](C)(C(F)(F)F)O[Si](C)(C(F)(F)F)O2)(C(F)(F)F)O[Si](C)(C(F)(F)F)O1. The molecule has 4 atom stereocenters. The zero-order valence-electron chi connectivity index (χ0n) is 27.0. The Kier molecular flexibility index (Phi) is 12.1. The lowest BCUT2D eigenvalue weighted by Gasteiger charge is -2.53. The van der Waals surface area contributed by atoms with Gasteiger partial charge in [0.25, 0.3) is 5.55 Å². The number of alkyl halides is 20. The molecular formula is C16H26F20O8Si8. The van der Waals surface area contributed by atoms with Crippen LogP contribution in [0.15, 0.2) is 0 Å². The van der Waals surface area contributed by atoms with Gasteiger partial charge in [0, 0.05) is 0 Å². The Hall–Kier alpha value is 0.0151. The van der Waals surface area contributed by atoms with Crippen LogP contribution in [0.3, 0.4) is 0 Å². The fraction of sp³-hybridized carbons (Fsp3) is 1.00. The minimum absolute atomic E-state index is 0.300. The average Bonchev–Trinajstić information content (AvgIpc) is 2.76. The van der Waals surface area contributed by atoms with Crippen LogP contribution in [-0.2, 0) is 32.9 Å². The van der Waals surface area contributed by atoms with E-state index in [9.17, 15) is 79.0 Å². The second kappa shape index (κ2) is 13.0. The molecule has 0 amide bonds. The van der Waals surface area contributed by atoms with Gasteiger partial charge in [-0.2, -0.15) is 79.0 Å². The van der Waals surface area contributed by atoms with Crippen LogP contribution in [0.25, 0.3) is 0 Å². The maximum absolute atomic E-state index is 16.5. The van der Waals surface area contributed by atoms with Gasteiger partial charge in [0.15, 0.2) is 0 Å². The third-order valence-electron chi connectivity index (χ3n) is 7.28. The molecular weight excluding hydrogens is 925 g/mol. The van der Waals surface area contributed by atoms with Crippen molar-refractivity contribution in [1.29, 1.82) is 0 Å². The molecule has 0 aliphatic carbocycles. The molecule has 0 bridgehead atoms. The van der Waals surface area contributed by atoms with Crippen molar-refractivity contribution >= 4 is 68.5 Å². The second-order valence-corrected chi connectivity index (χ2v) is 39.2. The molecule has 0 aromatic heterocycles. The van der Waals surface area contributed by atoms with Gasteiger partial charge in [0.1, 0.15) is 0 Å². The lowest BCUT2D eigenvalue weighted by molar-refractivity contribution is -0.126. The topological polar surface area (TPSA) is 73.8 Å². The van der Waals surface area contributed by atoms with Gasteiger partial charge in [0.2, 0.25) is 0 Å². The second-order valence-electron chi connectivity index (χ2n) is 12.5. The standard InChI is InChI=1S/C16H26F20O8Si8/c1-45(2)37-47(4,11(19,20)21)43-52(16(34,35)36,44-48(5,38-45)12(22,23)24)9-10(17,18)46(3)39-49(6,13(25,26)27)41-51(8,15(31,32)33)42-50(7,40-46)14(28,29)30/h9H2,1-8H3. The summed E-state index contributed by atoms with van der Waals surface area (Å²) in [6.07, 6.45) is 0. The van der Waals surface area contributed by atoms with Crippen LogP contribution in [0, 0.1) is 0 Å². The van der Waals surface area contributed by atoms with E-state index in [1.165, 1.54) is 0 Å². The summed E-state index contributed by atoms with van der Waals surface area (Å²) in [7, 11) is -56.0. The molecule has 0 aromatic rings. The molecule has 2 aliphatic rings. The Morgan fingerprint density at radius 3 is 0.712 bits per heavy atom. The first kappa shape index (κ1) is 48.2. The number of hydrogen-bond donors (Lipinski definition) is 0. The third kappa shape index (κ3) is 8.78. The van der Waals surface area contributed by atoms with Gasteiger partial charge < -0.3 is 32.9 Å². The van der Waals surface area contributed by atoms with E-state index in [1.54, 1.807) is 0 Å². The maximum atomic E-state index is 16.5. The number of hydrogen-bond acceptors (Lipinski definition) is 8. The quantitative estimate of drug-likeness (QED) is 0.206. The molecule has 52 heavy (non-hydrogen) atoms. The largest absolute Gasteiger partial charge is 0.447 e. The van der Waals surface area contributed by atoms with E-state index in [4.69, 9.17) is 0 Å². The van der Waals surface area contributed by atoms with Crippen molar-refractivity contribution in [3.63, 3.8) is 0 Å². The Balaban J connectivity index is 3.10. The van der Waals surface area contributed by atoms with Gasteiger partial charge in [-0.15, -0.1) is 0 Å². The molecule has 0 spiro atoms. The number of rotatable bonds is 3. The summed E-state index contributed by atoms with van der Waals surface area (Å²) in [6.45, 7) is -1.65. The fourth-order valence-electron chi connectivity index (χ4n) is 4.69. The molecule has 2 heterocycles. The van der Waals surface area contributed by atoms with E-state index < -0.39 is 141 Å². The highest BCUT2D eigenvalue weighted by Gasteiger charge is 2.85. The lowest BCUT2D eigenvalue weighted by Crippen LogP contribution is -2.81. The summed E-state index contributed by atoms with van der Waals surface area (Å²) in [5, 5.41) is 0. The van der Waals surface area contributed by atoms with Gasteiger partial charge in [-0.3, -0.25) is 0 Å². The van der Waals surface area contributed by atoms with E-state index in [2.05, 4.69) is 32.9 Å². The Bertz CT molecular complexity index is 1270. The van der Waals surface area contributed by atoms with Crippen LogP contribution in [0.5, 0.6) is 0 Å². The molecule has 310 valence electrons. The first-order chi connectivity index (χ1) is 22.1. The first-order valence-electron chi connectivity index (χ1n) is 13.5. The van der Waals surface area contributed by atoms with Gasteiger partial charge in [0.05, 0.1) is 6.04 Å². The Labute approximate surface area is 287 Å². The molecule has 0 N–H and O–H groups in total. The molecule has 0 saturated carbocycles. The lowest BCUT2D eigenvalue weighted by atomic mass is 10.8. The molecule has 2 saturated heterocycles. The first-order valence-corrected chi connectivity index (χ1v) is 32.2. The molecule has 4 unspecified atom stereocenters. The van der Waals surface area contributed by atoms with Crippen molar-refractivity contribution in [1.82, 2.24) is 0 Å². The van der Waals surface area contributed by atoms with E-state index in [0.717, 1.165) is 0 Å². The monoisotopic (exact) mass is 950 g/mol. The van der Waals surface area contributed by atoms with Crippen molar-refractivity contribution in [3.8, 4) is 0 Å².